The van der Waals surface area contributed by atoms with E-state index in [-0.39, 0.29) is 0 Å². The predicted octanol–water partition coefficient (Wildman–Crippen LogP) is 2.29. The van der Waals surface area contributed by atoms with Crippen LogP contribution in [-0.2, 0) is 0 Å². The van der Waals surface area contributed by atoms with Crippen LogP contribution in [0.25, 0.3) is 0 Å². The van der Waals surface area contributed by atoms with E-state index in [4.69, 9.17) is 5.11 Å². The molecule has 0 spiro atoms. The van der Waals surface area contributed by atoms with Crippen LogP contribution in [0.5, 0.6) is 0 Å². The van der Waals surface area contributed by atoms with Crippen LogP contribution >= 0.6 is 0 Å². The van der Waals surface area contributed by atoms with Gasteiger partial charge in [-0.25, -0.2) is 0 Å². The van der Waals surface area contributed by atoms with Crippen molar-refractivity contribution >= 4 is 0 Å². The van der Waals surface area contributed by atoms with Crippen LogP contribution in [0.1, 0.15) is 26.7 Å². The highest BCUT2D eigenvalue weighted by molar-refractivity contribution is 5.23. The Balaban J connectivity index is 0.000000433. The van der Waals surface area contributed by atoms with Crippen LogP contribution < -0.4 is 5.32 Å². The third-order valence-corrected chi connectivity index (χ3v) is 3.74. The molecule has 1 saturated heterocycles. The normalized spacial score (nSPS) is 17.7. The molecule has 0 aromatic rings. The van der Waals surface area contributed by atoms with Crippen LogP contribution in [0.2, 0.25) is 0 Å². The highest BCUT2D eigenvalue weighted by atomic mass is 16.3. The Hall–Kier alpha value is -0.940. The Morgan fingerprint density at radius 1 is 1.22 bits per heavy atom. The summed E-state index contributed by atoms with van der Waals surface area (Å²) >= 11 is 0. The van der Waals surface area contributed by atoms with Gasteiger partial charge in [-0.05, 0) is 46.0 Å². The lowest BCUT2D eigenvalue weighted by molar-refractivity contribution is 0.128. The van der Waals surface area contributed by atoms with Gasteiger partial charge < -0.3 is 15.3 Å². The third kappa shape index (κ3) is 13.2. The van der Waals surface area contributed by atoms with Gasteiger partial charge in [-0.3, -0.25) is 4.90 Å². The second-order valence-electron chi connectivity index (χ2n) is 5.80. The molecule has 23 heavy (non-hydrogen) atoms. The van der Waals surface area contributed by atoms with E-state index in [1.54, 1.807) is 0 Å². The molecule has 0 bridgehead atoms. The molecule has 0 unspecified atom stereocenters. The molecule has 1 aliphatic heterocycles. The number of nitrogens with one attached hydrogen (secondary N) is 1. The van der Waals surface area contributed by atoms with Gasteiger partial charge in [0, 0.05) is 32.7 Å². The van der Waals surface area contributed by atoms with E-state index in [1.165, 1.54) is 5.57 Å². The maximum absolute atomic E-state index is 8.63. The number of piperazine rings is 1. The van der Waals surface area contributed by atoms with Gasteiger partial charge in [-0.15, -0.1) is 0 Å². The number of rotatable bonds is 8. The molecule has 1 rings (SSSR count). The van der Waals surface area contributed by atoms with E-state index in [1.807, 2.05) is 7.05 Å². The molecule has 4 heteroatoms. The molecular weight excluding hydrogens is 286 g/mol. The highest BCUT2D eigenvalue weighted by Crippen LogP contribution is 2.03. The molecule has 2 N–H and O–H groups in total. The summed E-state index contributed by atoms with van der Waals surface area (Å²) in [4.78, 5) is 4.61. The SMILES string of the molecule is CN1CCN(CCO)CC1.C\C=C/C(=C\C=C\CC)CCNC. The minimum absolute atomic E-state index is 0.295. The number of nitrogens with zero attached hydrogens (tertiary/aromatic N) is 2. The van der Waals surface area contributed by atoms with Crippen LogP contribution in [0.15, 0.2) is 36.0 Å². The summed E-state index contributed by atoms with van der Waals surface area (Å²) in [5.41, 5.74) is 1.38. The molecule has 1 aliphatic rings. The predicted molar refractivity (Wildman–Crippen MR) is 102 cm³/mol. The van der Waals surface area contributed by atoms with Crippen molar-refractivity contribution in [2.24, 2.45) is 0 Å². The Morgan fingerprint density at radius 2 is 1.91 bits per heavy atom. The van der Waals surface area contributed by atoms with Gasteiger partial charge in [-0.1, -0.05) is 37.3 Å². The highest BCUT2D eigenvalue weighted by Gasteiger charge is 2.11. The monoisotopic (exact) mass is 323 g/mol. The summed E-state index contributed by atoms with van der Waals surface area (Å²) in [6, 6.07) is 0. The molecule has 0 saturated carbocycles. The Kier molecular flexibility index (Phi) is 15.3. The second-order valence-corrected chi connectivity index (χ2v) is 5.80. The smallest absolute Gasteiger partial charge is 0.0558 e. The summed E-state index contributed by atoms with van der Waals surface area (Å²) in [5.74, 6) is 0. The van der Waals surface area contributed by atoms with Crippen molar-refractivity contribution in [2.45, 2.75) is 26.7 Å². The lowest BCUT2D eigenvalue weighted by Gasteiger charge is -2.31. The molecule has 0 radical (unpaired) electrons. The molecule has 0 aromatic carbocycles. The summed E-state index contributed by atoms with van der Waals surface area (Å²) < 4.78 is 0. The second kappa shape index (κ2) is 15.9. The quantitative estimate of drug-likeness (QED) is 0.672. The van der Waals surface area contributed by atoms with E-state index >= 15 is 0 Å². The summed E-state index contributed by atoms with van der Waals surface area (Å²) in [5, 5.41) is 11.8. The van der Waals surface area contributed by atoms with Crippen LogP contribution in [-0.4, -0.2) is 74.9 Å². The number of allylic oxidation sites excluding steroid dienone is 5. The van der Waals surface area contributed by atoms with Crippen LogP contribution in [0.3, 0.4) is 0 Å². The number of β-amino-alcohol motifs (C(OH)–C–C–N with tert-alkyl or cyclic N) is 1. The topological polar surface area (TPSA) is 38.7 Å². The van der Waals surface area contributed by atoms with Gasteiger partial charge >= 0.3 is 0 Å². The zero-order chi connectivity index (χ0) is 17.3. The summed E-state index contributed by atoms with van der Waals surface area (Å²) in [7, 11) is 4.12. The van der Waals surface area contributed by atoms with E-state index in [0.717, 1.165) is 52.1 Å². The van der Waals surface area contributed by atoms with Gasteiger partial charge in [0.25, 0.3) is 0 Å². The van der Waals surface area contributed by atoms with Gasteiger partial charge in [0.05, 0.1) is 6.61 Å². The van der Waals surface area contributed by atoms with Crippen molar-refractivity contribution in [2.75, 3.05) is 60.0 Å². The first-order chi connectivity index (χ1) is 11.2. The first-order valence-electron chi connectivity index (χ1n) is 8.82. The van der Waals surface area contributed by atoms with Gasteiger partial charge in [-0.2, -0.15) is 0 Å². The lowest BCUT2D eigenvalue weighted by Crippen LogP contribution is -2.45. The molecule has 134 valence electrons. The summed E-state index contributed by atoms with van der Waals surface area (Å²) in [6.07, 6.45) is 12.9. The maximum atomic E-state index is 8.63. The Bertz CT molecular complexity index is 343. The fraction of sp³-hybridized carbons (Fsp3) is 0.684. The zero-order valence-corrected chi connectivity index (χ0v) is 15.6. The number of hydrogen-bond donors (Lipinski definition) is 2. The van der Waals surface area contributed by atoms with Gasteiger partial charge in [0.2, 0.25) is 0 Å². The standard InChI is InChI=1S/C12H21N.C7H16N2O/c1-4-6-7-9-12(8-5-2)10-11-13-3;1-8-2-4-9(5-3-8)6-7-10/h5-9,13H,4,10-11H2,1-3H3;10H,2-7H2,1H3/b7-6+,8-5-,12-9+;. The molecule has 1 heterocycles. The van der Waals surface area contributed by atoms with Crippen molar-refractivity contribution in [3.8, 4) is 0 Å². The molecule has 0 amide bonds. The van der Waals surface area contributed by atoms with Crippen LogP contribution in [0, 0.1) is 0 Å². The first-order valence-corrected chi connectivity index (χ1v) is 8.82. The number of aliphatic hydroxyl groups is 1. The largest absolute Gasteiger partial charge is 0.395 e. The fourth-order valence-electron chi connectivity index (χ4n) is 2.25. The molecule has 0 aliphatic carbocycles. The average Bonchev–Trinajstić information content (AvgIpc) is 2.56. The van der Waals surface area contributed by atoms with Crippen molar-refractivity contribution < 1.29 is 5.11 Å². The lowest BCUT2D eigenvalue weighted by atomic mass is 10.1. The van der Waals surface area contributed by atoms with Crippen molar-refractivity contribution in [3.05, 3.63) is 36.0 Å². The average molecular weight is 324 g/mol. The molecular formula is C19H37N3O. The number of likely N-dealkylation sites (N-methyl/N-ethyl adjacent to an activating group) is 1. The van der Waals surface area contributed by atoms with Crippen molar-refractivity contribution in [1.29, 1.82) is 0 Å². The van der Waals surface area contributed by atoms with Gasteiger partial charge in [0.1, 0.15) is 0 Å². The van der Waals surface area contributed by atoms with Gasteiger partial charge in [0.15, 0.2) is 0 Å². The summed E-state index contributed by atoms with van der Waals surface area (Å²) in [6.45, 7) is 10.9. The fourth-order valence-corrected chi connectivity index (χ4v) is 2.25. The van der Waals surface area contributed by atoms with Crippen molar-refractivity contribution in [1.82, 2.24) is 15.1 Å². The van der Waals surface area contributed by atoms with E-state index in [0.29, 0.717) is 6.61 Å². The van der Waals surface area contributed by atoms with Crippen LogP contribution in [0.4, 0.5) is 0 Å². The Morgan fingerprint density at radius 3 is 2.43 bits per heavy atom. The van der Waals surface area contributed by atoms with Crippen molar-refractivity contribution in [3.63, 3.8) is 0 Å². The number of hydrogen-bond acceptors (Lipinski definition) is 4. The Labute approximate surface area is 143 Å². The molecule has 4 nitrogen and oxygen atoms in total. The van der Waals surface area contributed by atoms with E-state index < -0.39 is 0 Å². The first kappa shape index (κ1) is 22.1. The number of aliphatic hydroxyl groups excluding tert-OH is 1. The van der Waals surface area contributed by atoms with E-state index in [2.05, 4.69) is 66.4 Å². The minimum atomic E-state index is 0.295. The maximum Gasteiger partial charge on any atom is 0.0558 e. The third-order valence-electron chi connectivity index (χ3n) is 3.74. The molecule has 0 atom stereocenters. The van der Waals surface area contributed by atoms with E-state index in [9.17, 15) is 0 Å². The minimum Gasteiger partial charge on any atom is -0.395 e. The molecule has 0 aromatic heterocycles. The molecule has 1 fully saturated rings. The zero-order valence-electron chi connectivity index (χ0n) is 15.6.